The number of hydrazine groups is 1. The van der Waals surface area contributed by atoms with E-state index in [0.29, 0.717) is 19.6 Å². The highest BCUT2D eigenvalue weighted by Crippen LogP contribution is 2.31. The van der Waals surface area contributed by atoms with Gasteiger partial charge in [0.25, 0.3) is 0 Å². The monoisotopic (exact) mass is 378 g/mol. The summed E-state index contributed by atoms with van der Waals surface area (Å²) in [5, 5.41) is 4.66. The number of para-hydroxylation sites is 1. The minimum absolute atomic E-state index is 0.0164. The number of hydrogen-bond donors (Lipinski definition) is 2. The number of nitrogens with zero attached hydrogens (tertiary/aromatic N) is 2. The fourth-order valence-electron chi connectivity index (χ4n) is 4.09. The van der Waals surface area contributed by atoms with Gasteiger partial charge in [0.15, 0.2) is 0 Å². The third-order valence-corrected chi connectivity index (χ3v) is 5.64. The third kappa shape index (κ3) is 3.66. The molecule has 28 heavy (non-hydrogen) atoms. The number of rotatable bonds is 4. The van der Waals surface area contributed by atoms with Crippen molar-refractivity contribution >= 4 is 17.5 Å². The number of benzene rings is 2. The predicted octanol–water partition coefficient (Wildman–Crippen LogP) is 1.71. The lowest BCUT2D eigenvalue weighted by Crippen LogP contribution is -2.56. The quantitative estimate of drug-likeness (QED) is 0.850. The normalized spacial score (nSPS) is 24.9. The summed E-state index contributed by atoms with van der Waals surface area (Å²) < 4.78 is 0. The van der Waals surface area contributed by atoms with E-state index in [4.69, 9.17) is 0 Å². The first-order chi connectivity index (χ1) is 13.5. The van der Waals surface area contributed by atoms with Gasteiger partial charge in [0.2, 0.25) is 11.8 Å². The Morgan fingerprint density at radius 2 is 1.82 bits per heavy atom. The van der Waals surface area contributed by atoms with Gasteiger partial charge in [-0.05, 0) is 31.7 Å². The Balaban J connectivity index is 1.48. The summed E-state index contributed by atoms with van der Waals surface area (Å²) in [5.74, 6) is -0.502. The maximum absolute atomic E-state index is 13.0. The molecule has 3 atom stereocenters. The van der Waals surface area contributed by atoms with Crippen molar-refractivity contribution in [1.29, 1.82) is 0 Å². The summed E-state index contributed by atoms with van der Waals surface area (Å²) in [6, 6.07) is 17.5. The van der Waals surface area contributed by atoms with Crippen molar-refractivity contribution in [3.8, 4) is 0 Å². The molecule has 0 aliphatic carbocycles. The van der Waals surface area contributed by atoms with Gasteiger partial charge in [0.1, 0.15) is 0 Å². The smallest absolute Gasteiger partial charge is 0.247 e. The van der Waals surface area contributed by atoms with Crippen LogP contribution in [0.3, 0.4) is 0 Å². The molecule has 2 heterocycles. The standard InChI is InChI=1S/C22H26N4O2/c1-15-8-10-16(11-9-15)12-23-21(27)18-13-25(2)14-19-20(18)24-26(22(19)28)17-6-4-3-5-7-17/h3-11,18-20,24H,12-14H2,1-2H3,(H,23,27). The molecular formula is C22H26N4O2. The number of piperidine rings is 1. The average Bonchev–Trinajstić information content (AvgIpc) is 3.04. The minimum Gasteiger partial charge on any atom is -0.352 e. The maximum Gasteiger partial charge on any atom is 0.247 e. The van der Waals surface area contributed by atoms with Gasteiger partial charge < -0.3 is 10.2 Å². The predicted molar refractivity (Wildman–Crippen MR) is 108 cm³/mol. The summed E-state index contributed by atoms with van der Waals surface area (Å²) in [7, 11) is 1.97. The number of amides is 2. The van der Waals surface area contributed by atoms with E-state index in [1.807, 2.05) is 68.6 Å². The molecule has 2 aromatic rings. The number of likely N-dealkylation sites (tertiary alicyclic amines) is 1. The molecule has 0 spiro atoms. The van der Waals surface area contributed by atoms with Crippen molar-refractivity contribution in [2.45, 2.75) is 19.5 Å². The largest absolute Gasteiger partial charge is 0.352 e. The van der Waals surface area contributed by atoms with Crippen molar-refractivity contribution < 1.29 is 9.59 Å². The zero-order valence-corrected chi connectivity index (χ0v) is 16.3. The Bertz CT molecular complexity index is 853. The van der Waals surface area contributed by atoms with Crippen LogP contribution in [0.25, 0.3) is 0 Å². The van der Waals surface area contributed by atoms with Gasteiger partial charge in [-0.3, -0.25) is 9.59 Å². The average molecular weight is 378 g/mol. The summed E-state index contributed by atoms with van der Waals surface area (Å²) in [6.07, 6.45) is 0. The Hall–Kier alpha value is -2.70. The Kier molecular flexibility index (Phi) is 5.15. The van der Waals surface area contributed by atoms with E-state index < -0.39 is 0 Å². The van der Waals surface area contributed by atoms with Crippen molar-refractivity contribution in [2.75, 3.05) is 25.1 Å². The summed E-state index contributed by atoms with van der Waals surface area (Å²) in [5.41, 5.74) is 6.39. The number of anilines is 1. The molecule has 4 rings (SSSR count). The van der Waals surface area contributed by atoms with E-state index >= 15 is 0 Å². The molecule has 3 unspecified atom stereocenters. The van der Waals surface area contributed by atoms with Crippen LogP contribution in [0.4, 0.5) is 5.69 Å². The zero-order chi connectivity index (χ0) is 19.7. The van der Waals surface area contributed by atoms with Gasteiger partial charge in [-0.2, -0.15) is 0 Å². The lowest BCUT2D eigenvalue weighted by molar-refractivity contribution is -0.129. The second-order valence-corrected chi connectivity index (χ2v) is 7.80. The van der Waals surface area contributed by atoms with E-state index in [9.17, 15) is 9.59 Å². The van der Waals surface area contributed by atoms with Crippen LogP contribution in [0.5, 0.6) is 0 Å². The second kappa shape index (κ2) is 7.73. The fourth-order valence-corrected chi connectivity index (χ4v) is 4.09. The van der Waals surface area contributed by atoms with Gasteiger partial charge >= 0.3 is 0 Å². The molecule has 0 bridgehead atoms. The number of hydrogen-bond acceptors (Lipinski definition) is 4. The number of carbonyl (C=O) groups is 2. The van der Waals surface area contributed by atoms with Crippen LogP contribution < -0.4 is 15.8 Å². The molecule has 6 nitrogen and oxygen atoms in total. The van der Waals surface area contributed by atoms with Crippen molar-refractivity contribution in [3.05, 3.63) is 65.7 Å². The van der Waals surface area contributed by atoms with E-state index in [1.165, 1.54) is 5.56 Å². The van der Waals surface area contributed by atoms with Crippen LogP contribution in [0.15, 0.2) is 54.6 Å². The molecule has 0 saturated carbocycles. The molecular weight excluding hydrogens is 352 g/mol. The number of fused-ring (bicyclic) bond motifs is 1. The third-order valence-electron chi connectivity index (χ3n) is 5.64. The first-order valence-corrected chi connectivity index (χ1v) is 9.70. The van der Waals surface area contributed by atoms with Crippen molar-refractivity contribution in [2.24, 2.45) is 11.8 Å². The Morgan fingerprint density at radius 3 is 2.54 bits per heavy atom. The topological polar surface area (TPSA) is 64.7 Å². The second-order valence-electron chi connectivity index (χ2n) is 7.80. The number of aryl methyl sites for hydroxylation is 1. The van der Waals surface area contributed by atoms with E-state index in [2.05, 4.69) is 15.6 Å². The summed E-state index contributed by atoms with van der Waals surface area (Å²) in [6.45, 7) is 3.82. The minimum atomic E-state index is -0.285. The van der Waals surface area contributed by atoms with Gasteiger partial charge in [-0.25, -0.2) is 10.4 Å². The SMILES string of the molecule is Cc1ccc(CNC(=O)C2CN(C)CC3C(=O)N(c4ccccc4)NC23)cc1. The van der Waals surface area contributed by atoms with Crippen molar-refractivity contribution in [3.63, 3.8) is 0 Å². The fraction of sp³-hybridized carbons (Fsp3) is 0.364. The molecule has 6 heteroatoms. The van der Waals surface area contributed by atoms with Gasteiger partial charge in [0.05, 0.1) is 23.6 Å². The molecule has 2 fully saturated rings. The Morgan fingerprint density at radius 1 is 1.11 bits per heavy atom. The van der Waals surface area contributed by atoms with Gasteiger partial charge in [-0.15, -0.1) is 0 Å². The molecule has 2 aliphatic heterocycles. The van der Waals surface area contributed by atoms with Crippen LogP contribution in [-0.2, 0) is 16.1 Å². The molecule has 2 aliphatic rings. The molecule has 2 aromatic carbocycles. The van der Waals surface area contributed by atoms with Crippen LogP contribution in [0.2, 0.25) is 0 Å². The van der Waals surface area contributed by atoms with Crippen LogP contribution >= 0.6 is 0 Å². The lowest BCUT2D eigenvalue weighted by Gasteiger charge is -2.36. The highest BCUT2D eigenvalue weighted by molar-refractivity contribution is 5.98. The first kappa shape index (κ1) is 18.7. The van der Waals surface area contributed by atoms with Crippen LogP contribution in [-0.4, -0.2) is 42.9 Å². The molecule has 0 aromatic heterocycles. The number of carbonyl (C=O) groups excluding carboxylic acids is 2. The van der Waals surface area contributed by atoms with E-state index in [1.54, 1.807) is 5.01 Å². The zero-order valence-electron chi connectivity index (χ0n) is 16.3. The highest BCUT2D eigenvalue weighted by Gasteiger charge is 2.50. The van der Waals surface area contributed by atoms with E-state index in [-0.39, 0.29) is 29.7 Å². The highest BCUT2D eigenvalue weighted by atomic mass is 16.2. The first-order valence-electron chi connectivity index (χ1n) is 9.70. The summed E-state index contributed by atoms with van der Waals surface area (Å²) >= 11 is 0. The summed E-state index contributed by atoms with van der Waals surface area (Å²) in [4.78, 5) is 28.0. The van der Waals surface area contributed by atoms with Gasteiger partial charge in [-0.1, -0.05) is 48.0 Å². The maximum atomic E-state index is 13.0. The molecule has 2 saturated heterocycles. The van der Waals surface area contributed by atoms with E-state index in [0.717, 1.165) is 11.3 Å². The molecule has 0 radical (unpaired) electrons. The lowest BCUT2D eigenvalue weighted by atomic mass is 9.84. The van der Waals surface area contributed by atoms with Crippen LogP contribution in [0, 0.1) is 18.8 Å². The molecule has 2 N–H and O–H groups in total. The molecule has 146 valence electrons. The van der Waals surface area contributed by atoms with Gasteiger partial charge in [0, 0.05) is 19.6 Å². The Labute approximate surface area is 165 Å². The molecule has 2 amide bonds. The van der Waals surface area contributed by atoms with Crippen LogP contribution in [0.1, 0.15) is 11.1 Å². The van der Waals surface area contributed by atoms with Crippen molar-refractivity contribution in [1.82, 2.24) is 15.6 Å². The number of nitrogens with one attached hydrogen (secondary N) is 2.